The summed E-state index contributed by atoms with van der Waals surface area (Å²) in [5.74, 6) is 0.931. The molecular formula is C17H22Br2O2. The minimum atomic E-state index is 0.188. The van der Waals surface area contributed by atoms with Gasteiger partial charge in [0.2, 0.25) is 0 Å². The summed E-state index contributed by atoms with van der Waals surface area (Å²) in [5.41, 5.74) is 1.40. The van der Waals surface area contributed by atoms with Gasteiger partial charge in [0.1, 0.15) is 12.4 Å². The maximum Gasteiger partial charge on any atom is 0.119 e. The van der Waals surface area contributed by atoms with Gasteiger partial charge in [0.05, 0.1) is 11.7 Å². The lowest BCUT2D eigenvalue weighted by Crippen LogP contribution is -2.32. The second kappa shape index (κ2) is 7.01. The minimum absolute atomic E-state index is 0.188. The highest BCUT2D eigenvalue weighted by molar-refractivity contribution is 9.10. The van der Waals surface area contributed by atoms with Gasteiger partial charge in [0.25, 0.3) is 0 Å². The van der Waals surface area contributed by atoms with Crippen molar-refractivity contribution >= 4 is 31.9 Å². The average molecular weight is 418 g/mol. The van der Waals surface area contributed by atoms with Gasteiger partial charge < -0.3 is 9.47 Å². The van der Waals surface area contributed by atoms with E-state index in [1.807, 2.05) is 12.1 Å². The van der Waals surface area contributed by atoms with Crippen molar-refractivity contribution < 1.29 is 9.47 Å². The predicted octanol–water partition coefficient (Wildman–Crippen LogP) is 5.60. The molecule has 1 aromatic rings. The lowest BCUT2D eigenvalue weighted by atomic mass is 9.83. The summed E-state index contributed by atoms with van der Waals surface area (Å²) in [6.07, 6.45) is 9.14. The van der Waals surface area contributed by atoms with E-state index in [1.54, 1.807) is 0 Å². The van der Waals surface area contributed by atoms with Gasteiger partial charge in [0, 0.05) is 9.80 Å². The zero-order valence-electron chi connectivity index (χ0n) is 12.2. The summed E-state index contributed by atoms with van der Waals surface area (Å²) in [6, 6.07) is 6.15. The first-order chi connectivity index (χ1) is 10.2. The topological polar surface area (TPSA) is 18.5 Å². The lowest BCUT2D eigenvalue weighted by Gasteiger charge is -2.33. The maximum absolute atomic E-state index is 6.35. The van der Waals surface area contributed by atoms with E-state index < -0.39 is 0 Å². The molecule has 1 saturated carbocycles. The van der Waals surface area contributed by atoms with Gasteiger partial charge in [-0.3, -0.25) is 0 Å². The van der Waals surface area contributed by atoms with Gasteiger partial charge in [-0.25, -0.2) is 0 Å². The zero-order chi connectivity index (χ0) is 14.7. The van der Waals surface area contributed by atoms with Crippen LogP contribution in [-0.2, 0) is 10.1 Å². The first kappa shape index (κ1) is 15.8. The third-order valence-electron chi connectivity index (χ3n) is 4.70. The monoisotopic (exact) mass is 416 g/mol. The minimum Gasteiger partial charge on any atom is -0.491 e. The Balaban J connectivity index is 1.54. The Kier molecular flexibility index (Phi) is 5.28. The second-order valence-electron chi connectivity index (χ2n) is 6.22. The molecule has 1 atom stereocenters. The molecule has 2 fully saturated rings. The summed E-state index contributed by atoms with van der Waals surface area (Å²) < 4.78 is 13.4. The molecule has 0 aromatic heterocycles. The Labute approximate surface area is 143 Å². The molecule has 1 aliphatic carbocycles. The highest BCUT2D eigenvalue weighted by atomic mass is 79.9. The molecule has 0 radical (unpaired) electrons. The molecule has 116 valence electrons. The maximum atomic E-state index is 6.35. The van der Waals surface area contributed by atoms with Gasteiger partial charge in [-0.15, -0.1) is 0 Å². The van der Waals surface area contributed by atoms with Crippen LogP contribution in [0.15, 0.2) is 22.7 Å². The summed E-state index contributed by atoms with van der Waals surface area (Å²) in [4.78, 5) is 0. The van der Waals surface area contributed by atoms with Crippen molar-refractivity contribution in [3.8, 4) is 5.75 Å². The molecule has 3 rings (SSSR count). The van der Waals surface area contributed by atoms with E-state index in [1.165, 1.54) is 44.1 Å². The summed E-state index contributed by atoms with van der Waals surface area (Å²) in [7, 11) is 0. The first-order valence-corrected chi connectivity index (χ1v) is 9.77. The van der Waals surface area contributed by atoms with E-state index in [-0.39, 0.29) is 11.7 Å². The Morgan fingerprint density at radius 3 is 2.76 bits per heavy atom. The Bertz CT molecular complexity index is 484. The van der Waals surface area contributed by atoms with Gasteiger partial charge in [0.15, 0.2) is 0 Å². The van der Waals surface area contributed by atoms with Gasteiger partial charge in [-0.05, 0) is 49.4 Å². The second-order valence-corrected chi connectivity index (χ2v) is 7.64. The number of hydrogen-bond acceptors (Lipinski definition) is 2. The molecule has 2 nitrogen and oxygen atoms in total. The Hall–Kier alpha value is -0.0600. The number of rotatable bonds is 4. The van der Waals surface area contributed by atoms with Crippen molar-refractivity contribution in [2.75, 3.05) is 6.61 Å². The third-order valence-corrected chi connectivity index (χ3v) is 6.08. The van der Waals surface area contributed by atoms with E-state index in [4.69, 9.17) is 9.47 Å². The van der Waals surface area contributed by atoms with E-state index in [2.05, 4.69) is 37.9 Å². The van der Waals surface area contributed by atoms with Crippen LogP contribution in [0, 0.1) is 0 Å². The van der Waals surface area contributed by atoms with Crippen LogP contribution in [0.2, 0.25) is 0 Å². The first-order valence-electron chi connectivity index (χ1n) is 7.86. The molecule has 2 aliphatic rings. The van der Waals surface area contributed by atoms with Crippen LogP contribution in [0.5, 0.6) is 5.75 Å². The van der Waals surface area contributed by atoms with E-state index >= 15 is 0 Å². The van der Waals surface area contributed by atoms with Crippen molar-refractivity contribution in [3.63, 3.8) is 0 Å². The largest absolute Gasteiger partial charge is 0.491 e. The summed E-state index contributed by atoms with van der Waals surface area (Å²) in [5, 5.41) is 0.827. The molecule has 1 heterocycles. The molecule has 1 saturated heterocycles. The van der Waals surface area contributed by atoms with Crippen LogP contribution in [0.4, 0.5) is 0 Å². The van der Waals surface area contributed by atoms with E-state index in [0.29, 0.717) is 6.61 Å². The molecule has 0 bridgehead atoms. The summed E-state index contributed by atoms with van der Waals surface area (Å²) >= 11 is 7.04. The number of halogens is 2. The van der Waals surface area contributed by atoms with Crippen molar-refractivity contribution in [2.45, 2.75) is 62.0 Å². The molecule has 1 unspecified atom stereocenters. The fraction of sp³-hybridized carbons (Fsp3) is 0.647. The van der Waals surface area contributed by atoms with Gasteiger partial charge in [-0.1, -0.05) is 51.1 Å². The van der Waals surface area contributed by atoms with Crippen LogP contribution in [0.3, 0.4) is 0 Å². The fourth-order valence-electron chi connectivity index (χ4n) is 3.51. The van der Waals surface area contributed by atoms with Crippen LogP contribution in [0.25, 0.3) is 0 Å². The molecule has 21 heavy (non-hydrogen) atoms. The average Bonchev–Trinajstić information content (AvgIpc) is 2.90. The van der Waals surface area contributed by atoms with Crippen LogP contribution < -0.4 is 4.74 Å². The lowest BCUT2D eigenvalue weighted by molar-refractivity contribution is -0.0748. The number of alkyl halides is 1. The third kappa shape index (κ3) is 3.83. The smallest absolute Gasteiger partial charge is 0.119 e. The standard InChI is InChI=1S/C17H22Br2O2/c18-11-13-10-14(4-5-16(13)19)20-12-15-6-9-17(21-15)7-2-1-3-8-17/h4-5,10,15H,1-3,6-9,11-12H2. The molecule has 4 heteroatoms. The number of ether oxygens (including phenoxy) is 2. The Morgan fingerprint density at radius 1 is 1.19 bits per heavy atom. The quantitative estimate of drug-likeness (QED) is 0.593. The van der Waals surface area contributed by atoms with Crippen LogP contribution in [-0.4, -0.2) is 18.3 Å². The van der Waals surface area contributed by atoms with Crippen molar-refractivity contribution in [1.82, 2.24) is 0 Å². The normalized spacial score (nSPS) is 24.4. The summed E-state index contributed by atoms with van der Waals surface area (Å²) in [6.45, 7) is 0.672. The molecule has 0 N–H and O–H groups in total. The molecule has 1 aliphatic heterocycles. The Morgan fingerprint density at radius 2 is 2.00 bits per heavy atom. The van der Waals surface area contributed by atoms with Gasteiger partial charge >= 0.3 is 0 Å². The highest BCUT2D eigenvalue weighted by Gasteiger charge is 2.40. The predicted molar refractivity (Wildman–Crippen MR) is 92.2 cm³/mol. The number of benzene rings is 1. The number of hydrogen-bond donors (Lipinski definition) is 0. The van der Waals surface area contributed by atoms with Crippen LogP contribution in [0.1, 0.15) is 50.5 Å². The zero-order valence-corrected chi connectivity index (χ0v) is 15.4. The van der Waals surface area contributed by atoms with E-state index in [0.717, 1.165) is 22.0 Å². The van der Waals surface area contributed by atoms with E-state index in [9.17, 15) is 0 Å². The van der Waals surface area contributed by atoms with Crippen molar-refractivity contribution in [1.29, 1.82) is 0 Å². The highest BCUT2D eigenvalue weighted by Crippen LogP contribution is 2.42. The van der Waals surface area contributed by atoms with Crippen LogP contribution >= 0.6 is 31.9 Å². The van der Waals surface area contributed by atoms with Gasteiger partial charge in [-0.2, -0.15) is 0 Å². The van der Waals surface area contributed by atoms with Crippen molar-refractivity contribution in [2.24, 2.45) is 0 Å². The fourth-order valence-corrected chi connectivity index (χ4v) is 4.74. The molecular weight excluding hydrogens is 396 g/mol. The molecule has 0 amide bonds. The van der Waals surface area contributed by atoms with Crippen molar-refractivity contribution in [3.05, 3.63) is 28.2 Å². The SMILES string of the molecule is BrCc1cc(OCC2CCC3(CCCCC3)O2)ccc1Br. The molecule has 1 spiro atoms. The molecule has 1 aromatic carbocycles.